The van der Waals surface area contributed by atoms with Crippen LogP contribution in [0.15, 0.2) is 48.5 Å². The Kier molecular flexibility index (Phi) is 6.88. The lowest BCUT2D eigenvalue weighted by molar-refractivity contribution is -0.142. The monoisotopic (exact) mass is 466 g/mol. The number of rotatable bonds is 8. The van der Waals surface area contributed by atoms with Crippen LogP contribution in [0.25, 0.3) is 11.1 Å². The summed E-state index contributed by atoms with van der Waals surface area (Å²) in [5.41, 5.74) is 3.01. The first-order valence-corrected chi connectivity index (χ1v) is 11.6. The highest BCUT2D eigenvalue weighted by atomic mass is 16.5. The molecule has 0 aromatic heterocycles. The van der Waals surface area contributed by atoms with Crippen LogP contribution in [0.5, 0.6) is 0 Å². The molecule has 0 bridgehead atoms. The van der Waals surface area contributed by atoms with Gasteiger partial charge in [0, 0.05) is 18.5 Å². The Labute approximate surface area is 198 Å². The molecule has 0 spiro atoms. The van der Waals surface area contributed by atoms with Gasteiger partial charge in [-0.15, -0.1) is 0 Å². The summed E-state index contributed by atoms with van der Waals surface area (Å²) in [4.78, 5) is 36.1. The summed E-state index contributed by atoms with van der Waals surface area (Å²) in [6.07, 6.45) is 0.983. The topological polar surface area (TPSA) is 125 Å². The highest BCUT2D eigenvalue weighted by Gasteiger charge is 2.36. The average molecular weight is 467 g/mol. The first-order chi connectivity index (χ1) is 16.2. The SMILES string of the molecule is CC(O)(CNC(=O)C1CCCC1NC(=O)OCC1c2ccccc2-c2ccccc21)CC(=O)O. The van der Waals surface area contributed by atoms with Gasteiger partial charge in [0.15, 0.2) is 0 Å². The molecule has 2 aliphatic rings. The second-order valence-electron chi connectivity index (χ2n) is 9.40. The molecular formula is C26H30N2O6. The van der Waals surface area contributed by atoms with Crippen LogP contribution in [0.2, 0.25) is 0 Å². The van der Waals surface area contributed by atoms with Crippen LogP contribution in [-0.2, 0) is 14.3 Å². The maximum absolute atomic E-state index is 12.6. The van der Waals surface area contributed by atoms with E-state index in [0.29, 0.717) is 12.8 Å². The molecule has 0 heterocycles. The molecule has 0 saturated heterocycles. The first kappa shape index (κ1) is 23.8. The Morgan fingerprint density at radius 1 is 1.03 bits per heavy atom. The molecule has 180 valence electrons. The first-order valence-electron chi connectivity index (χ1n) is 11.6. The number of amides is 2. The van der Waals surface area contributed by atoms with Gasteiger partial charge in [-0.2, -0.15) is 0 Å². The number of carbonyl (C=O) groups is 3. The highest BCUT2D eigenvalue weighted by Crippen LogP contribution is 2.44. The van der Waals surface area contributed by atoms with E-state index in [1.54, 1.807) is 0 Å². The standard InChI is InChI=1S/C26H30N2O6/c1-26(33,13-23(29)30)15-27-24(31)20-11-6-12-22(20)28-25(32)34-14-21-18-9-4-2-7-16(18)17-8-3-5-10-19(17)21/h2-5,7-10,20-22,33H,6,11-15H2,1H3,(H,27,31)(H,28,32)(H,29,30). The number of nitrogens with one attached hydrogen (secondary N) is 2. The third-order valence-electron chi connectivity index (χ3n) is 6.68. The second kappa shape index (κ2) is 9.85. The smallest absolute Gasteiger partial charge is 0.407 e. The summed E-state index contributed by atoms with van der Waals surface area (Å²) < 4.78 is 5.60. The zero-order valence-corrected chi connectivity index (χ0v) is 19.1. The molecule has 8 heteroatoms. The van der Waals surface area contributed by atoms with Gasteiger partial charge >= 0.3 is 12.1 Å². The summed E-state index contributed by atoms with van der Waals surface area (Å²) in [6, 6.07) is 15.8. The number of carboxylic acid groups (broad SMARTS) is 1. The van der Waals surface area contributed by atoms with Crippen molar-refractivity contribution in [2.75, 3.05) is 13.2 Å². The van der Waals surface area contributed by atoms with E-state index in [0.717, 1.165) is 28.7 Å². The van der Waals surface area contributed by atoms with Gasteiger partial charge in [-0.05, 0) is 42.0 Å². The number of aliphatic hydroxyl groups is 1. The van der Waals surface area contributed by atoms with E-state index >= 15 is 0 Å². The summed E-state index contributed by atoms with van der Waals surface area (Å²) in [5, 5.41) is 24.4. The summed E-state index contributed by atoms with van der Waals surface area (Å²) in [6.45, 7) is 1.39. The molecule has 3 unspecified atom stereocenters. The fourth-order valence-corrected chi connectivity index (χ4v) is 5.03. The second-order valence-corrected chi connectivity index (χ2v) is 9.40. The third kappa shape index (κ3) is 5.22. The zero-order valence-electron chi connectivity index (χ0n) is 19.1. The van der Waals surface area contributed by atoms with Gasteiger partial charge in [-0.25, -0.2) is 4.79 Å². The number of carboxylic acids is 1. The van der Waals surface area contributed by atoms with Crippen molar-refractivity contribution in [3.8, 4) is 11.1 Å². The van der Waals surface area contributed by atoms with Crippen molar-refractivity contribution in [3.05, 3.63) is 59.7 Å². The van der Waals surface area contributed by atoms with Crippen molar-refractivity contribution >= 4 is 18.0 Å². The Morgan fingerprint density at radius 2 is 1.65 bits per heavy atom. The lowest BCUT2D eigenvalue weighted by Crippen LogP contribution is -2.48. The number of alkyl carbamates (subject to hydrolysis) is 1. The van der Waals surface area contributed by atoms with Gasteiger partial charge < -0.3 is 25.6 Å². The van der Waals surface area contributed by atoms with Crippen molar-refractivity contribution in [2.24, 2.45) is 5.92 Å². The van der Waals surface area contributed by atoms with Crippen LogP contribution in [0, 0.1) is 5.92 Å². The lowest BCUT2D eigenvalue weighted by atomic mass is 9.98. The van der Waals surface area contributed by atoms with Gasteiger partial charge in [0.25, 0.3) is 0 Å². The van der Waals surface area contributed by atoms with E-state index in [-0.39, 0.29) is 31.0 Å². The molecule has 34 heavy (non-hydrogen) atoms. The van der Waals surface area contributed by atoms with Crippen LogP contribution in [0.3, 0.4) is 0 Å². The van der Waals surface area contributed by atoms with Gasteiger partial charge in [0.2, 0.25) is 5.91 Å². The summed E-state index contributed by atoms with van der Waals surface area (Å²) in [5.74, 6) is -1.96. The third-order valence-corrected chi connectivity index (χ3v) is 6.68. The van der Waals surface area contributed by atoms with Crippen molar-refractivity contribution in [1.29, 1.82) is 0 Å². The molecule has 8 nitrogen and oxygen atoms in total. The predicted molar refractivity (Wildman–Crippen MR) is 125 cm³/mol. The number of carbonyl (C=O) groups excluding carboxylic acids is 2. The number of ether oxygens (including phenoxy) is 1. The van der Waals surface area contributed by atoms with Crippen LogP contribution in [0.4, 0.5) is 4.79 Å². The minimum absolute atomic E-state index is 0.0442. The number of hydrogen-bond acceptors (Lipinski definition) is 5. The molecule has 2 aromatic rings. The zero-order chi connectivity index (χ0) is 24.3. The van der Waals surface area contributed by atoms with E-state index in [1.807, 2.05) is 24.3 Å². The molecule has 2 amide bonds. The number of aliphatic carboxylic acids is 1. The molecule has 1 saturated carbocycles. The van der Waals surface area contributed by atoms with Crippen molar-refractivity contribution < 1.29 is 29.3 Å². The molecular weight excluding hydrogens is 436 g/mol. The molecule has 1 fully saturated rings. The fourth-order valence-electron chi connectivity index (χ4n) is 5.03. The molecule has 0 radical (unpaired) electrons. The van der Waals surface area contributed by atoms with Crippen LogP contribution in [-0.4, -0.2) is 53.0 Å². The quantitative estimate of drug-likeness (QED) is 0.474. The Hall–Kier alpha value is -3.39. The molecule has 3 atom stereocenters. The lowest BCUT2D eigenvalue weighted by Gasteiger charge is -2.25. The van der Waals surface area contributed by atoms with Crippen LogP contribution < -0.4 is 10.6 Å². The predicted octanol–water partition coefficient (Wildman–Crippen LogP) is 3.04. The fraction of sp³-hybridized carbons (Fsp3) is 0.423. The molecule has 4 rings (SSSR count). The summed E-state index contributed by atoms with van der Waals surface area (Å²) in [7, 11) is 0. The van der Waals surface area contributed by atoms with Gasteiger partial charge in [-0.1, -0.05) is 55.0 Å². The molecule has 2 aromatic carbocycles. The van der Waals surface area contributed by atoms with Crippen molar-refractivity contribution in [2.45, 2.75) is 50.2 Å². The van der Waals surface area contributed by atoms with Gasteiger partial charge in [0.05, 0.1) is 17.9 Å². The average Bonchev–Trinajstić information content (AvgIpc) is 3.38. The number of benzene rings is 2. The van der Waals surface area contributed by atoms with E-state index in [2.05, 4.69) is 34.9 Å². The Balaban J connectivity index is 1.32. The van der Waals surface area contributed by atoms with Crippen molar-refractivity contribution in [1.82, 2.24) is 10.6 Å². The van der Waals surface area contributed by atoms with Gasteiger partial charge in [-0.3, -0.25) is 9.59 Å². The Morgan fingerprint density at radius 3 is 2.26 bits per heavy atom. The van der Waals surface area contributed by atoms with E-state index < -0.39 is 30.0 Å². The van der Waals surface area contributed by atoms with Crippen LogP contribution >= 0.6 is 0 Å². The van der Waals surface area contributed by atoms with E-state index in [1.165, 1.54) is 6.92 Å². The minimum atomic E-state index is -1.55. The maximum Gasteiger partial charge on any atom is 0.407 e. The maximum atomic E-state index is 12.6. The largest absolute Gasteiger partial charge is 0.481 e. The number of hydrogen-bond donors (Lipinski definition) is 4. The number of fused-ring (bicyclic) bond motifs is 3. The molecule has 4 N–H and O–H groups in total. The molecule has 2 aliphatic carbocycles. The highest BCUT2D eigenvalue weighted by molar-refractivity contribution is 5.81. The van der Waals surface area contributed by atoms with E-state index in [9.17, 15) is 19.5 Å². The normalized spacial score (nSPS) is 20.6. The Bertz CT molecular complexity index is 1040. The summed E-state index contributed by atoms with van der Waals surface area (Å²) >= 11 is 0. The van der Waals surface area contributed by atoms with Gasteiger partial charge in [0.1, 0.15) is 6.61 Å². The van der Waals surface area contributed by atoms with E-state index in [4.69, 9.17) is 9.84 Å². The van der Waals surface area contributed by atoms with Crippen molar-refractivity contribution in [3.63, 3.8) is 0 Å². The minimum Gasteiger partial charge on any atom is -0.481 e. The molecule has 0 aliphatic heterocycles. The van der Waals surface area contributed by atoms with Crippen LogP contribution in [0.1, 0.15) is 49.7 Å².